The zero-order chi connectivity index (χ0) is 15.0. The molecule has 0 aliphatic carbocycles. The molecule has 1 heterocycles. The molecule has 0 aliphatic heterocycles. The van der Waals surface area contributed by atoms with Crippen LogP contribution in [0.2, 0.25) is 5.02 Å². The number of aryl methyl sites for hydroxylation is 1. The number of hydrogen-bond acceptors (Lipinski definition) is 2. The van der Waals surface area contributed by atoms with Gasteiger partial charge >= 0.3 is 0 Å². The number of carbonyl (C=O) groups is 1. The molecule has 2 aromatic carbocycles. The number of hydrogen-bond donors (Lipinski definition) is 0. The average Bonchev–Trinajstić information content (AvgIpc) is 2.81. The number of benzene rings is 2. The first-order valence-corrected chi connectivity index (χ1v) is 6.83. The van der Waals surface area contributed by atoms with Crippen LogP contribution in [0.15, 0.2) is 42.5 Å². The van der Waals surface area contributed by atoms with E-state index in [1.165, 1.54) is 12.1 Å². The smallest absolute Gasteiger partial charge is 0.188 e. The van der Waals surface area contributed by atoms with Gasteiger partial charge in [-0.2, -0.15) is 5.10 Å². The van der Waals surface area contributed by atoms with Crippen molar-refractivity contribution < 1.29 is 9.18 Å². The number of nitrogens with zero attached hydrogens (tertiary/aromatic N) is 2. The van der Waals surface area contributed by atoms with Gasteiger partial charge in [-0.15, -0.1) is 0 Å². The van der Waals surface area contributed by atoms with Crippen LogP contribution in [-0.4, -0.2) is 15.6 Å². The average molecular weight is 303 g/mol. The van der Waals surface area contributed by atoms with Crippen LogP contribution < -0.4 is 0 Å². The lowest BCUT2D eigenvalue weighted by atomic mass is 10.0. The van der Waals surface area contributed by atoms with Crippen molar-refractivity contribution in [1.29, 1.82) is 0 Å². The number of Topliss-reactive ketones (excluding diaryl/α,β-unsaturated/α-hetero) is 1. The molecule has 3 rings (SSSR count). The SMILES string of the molecule is Cn1nc(C(=O)Cc2ccc(Cl)c(F)c2)c2ccccc21. The predicted molar refractivity (Wildman–Crippen MR) is 80.2 cm³/mol. The van der Waals surface area contributed by atoms with Crippen LogP contribution >= 0.6 is 11.6 Å². The number of halogens is 2. The summed E-state index contributed by atoms with van der Waals surface area (Å²) in [6.45, 7) is 0. The molecule has 0 atom stereocenters. The Morgan fingerprint density at radius 1 is 1.29 bits per heavy atom. The minimum atomic E-state index is -0.521. The number of carbonyl (C=O) groups excluding carboxylic acids is 1. The highest BCUT2D eigenvalue weighted by molar-refractivity contribution is 6.30. The fourth-order valence-corrected chi connectivity index (χ4v) is 2.46. The molecule has 3 nitrogen and oxygen atoms in total. The fraction of sp³-hybridized carbons (Fsp3) is 0.125. The number of rotatable bonds is 3. The first-order valence-electron chi connectivity index (χ1n) is 6.45. The van der Waals surface area contributed by atoms with Crippen LogP contribution in [0.5, 0.6) is 0 Å². The molecule has 0 spiro atoms. The minimum absolute atomic E-state index is 0.0504. The molecule has 106 valence electrons. The molecule has 0 saturated heterocycles. The van der Waals surface area contributed by atoms with Gasteiger partial charge in [-0.3, -0.25) is 9.48 Å². The third-order valence-electron chi connectivity index (χ3n) is 3.37. The maximum atomic E-state index is 13.4. The maximum Gasteiger partial charge on any atom is 0.188 e. The van der Waals surface area contributed by atoms with Crippen LogP contribution in [0, 0.1) is 5.82 Å². The quantitative estimate of drug-likeness (QED) is 0.690. The van der Waals surface area contributed by atoms with E-state index in [1.54, 1.807) is 17.8 Å². The Labute approximate surface area is 126 Å². The van der Waals surface area contributed by atoms with Crippen LogP contribution in [-0.2, 0) is 13.5 Å². The van der Waals surface area contributed by atoms with Crippen molar-refractivity contribution in [3.63, 3.8) is 0 Å². The highest BCUT2D eigenvalue weighted by Gasteiger charge is 2.16. The summed E-state index contributed by atoms with van der Waals surface area (Å²) in [4.78, 5) is 12.4. The number of ketones is 1. The second kappa shape index (κ2) is 5.30. The monoisotopic (exact) mass is 302 g/mol. The lowest BCUT2D eigenvalue weighted by molar-refractivity contribution is 0.0989. The third kappa shape index (κ3) is 2.54. The van der Waals surface area contributed by atoms with Crippen molar-refractivity contribution in [2.75, 3.05) is 0 Å². The Morgan fingerprint density at radius 3 is 2.81 bits per heavy atom. The van der Waals surface area contributed by atoms with Crippen molar-refractivity contribution in [3.05, 3.63) is 64.6 Å². The Bertz CT molecular complexity index is 841. The zero-order valence-electron chi connectivity index (χ0n) is 11.3. The Balaban J connectivity index is 1.95. The highest BCUT2D eigenvalue weighted by Crippen LogP contribution is 2.21. The van der Waals surface area contributed by atoms with Crippen molar-refractivity contribution in [2.24, 2.45) is 7.05 Å². The molecule has 0 unspecified atom stereocenters. The summed E-state index contributed by atoms with van der Waals surface area (Å²) in [5.74, 6) is -0.665. The molecule has 0 fully saturated rings. The minimum Gasteiger partial charge on any atom is -0.292 e. The van der Waals surface area contributed by atoms with E-state index in [1.807, 2.05) is 24.3 Å². The van der Waals surface area contributed by atoms with E-state index in [0.717, 1.165) is 10.9 Å². The largest absolute Gasteiger partial charge is 0.292 e. The molecule has 0 N–H and O–H groups in total. The van der Waals surface area contributed by atoms with E-state index in [9.17, 15) is 9.18 Å². The molecule has 0 aliphatic rings. The van der Waals surface area contributed by atoms with Crippen molar-refractivity contribution in [3.8, 4) is 0 Å². The molecule has 0 saturated carbocycles. The van der Waals surface area contributed by atoms with Crippen LogP contribution in [0.4, 0.5) is 4.39 Å². The normalized spacial score (nSPS) is 11.0. The predicted octanol–water partition coefficient (Wildman–Crippen LogP) is 3.79. The summed E-state index contributed by atoms with van der Waals surface area (Å²) >= 11 is 5.64. The number of fused-ring (bicyclic) bond motifs is 1. The number of para-hydroxylation sites is 1. The first kappa shape index (κ1) is 13.8. The van der Waals surface area contributed by atoms with Gasteiger partial charge in [0.15, 0.2) is 5.78 Å². The molecule has 0 radical (unpaired) electrons. The van der Waals surface area contributed by atoms with Crippen LogP contribution in [0.3, 0.4) is 0 Å². The molecular weight excluding hydrogens is 291 g/mol. The van der Waals surface area contributed by atoms with E-state index in [4.69, 9.17) is 11.6 Å². The summed E-state index contributed by atoms with van der Waals surface area (Å²) in [5.41, 5.74) is 1.88. The second-order valence-electron chi connectivity index (χ2n) is 4.84. The molecule has 0 amide bonds. The summed E-state index contributed by atoms with van der Waals surface area (Å²) in [6, 6.07) is 11.9. The molecular formula is C16H12ClFN2O. The first-order chi connectivity index (χ1) is 10.1. The summed E-state index contributed by atoms with van der Waals surface area (Å²) in [6.07, 6.45) is 0.0924. The highest BCUT2D eigenvalue weighted by atomic mass is 35.5. The van der Waals surface area contributed by atoms with Gasteiger partial charge in [0, 0.05) is 18.9 Å². The molecule has 1 aromatic heterocycles. The lowest BCUT2D eigenvalue weighted by Crippen LogP contribution is -2.06. The van der Waals surface area contributed by atoms with E-state index in [0.29, 0.717) is 11.3 Å². The molecule has 21 heavy (non-hydrogen) atoms. The van der Waals surface area contributed by atoms with Crippen LogP contribution in [0.1, 0.15) is 16.1 Å². The summed E-state index contributed by atoms with van der Waals surface area (Å²) in [7, 11) is 1.79. The zero-order valence-corrected chi connectivity index (χ0v) is 12.1. The second-order valence-corrected chi connectivity index (χ2v) is 5.24. The molecule has 0 bridgehead atoms. The van der Waals surface area contributed by atoms with E-state index >= 15 is 0 Å². The topological polar surface area (TPSA) is 34.9 Å². The lowest BCUT2D eigenvalue weighted by Gasteiger charge is -2.01. The van der Waals surface area contributed by atoms with Crippen LogP contribution in [0.25, 0.3) is 10.9 Å². The van der Waals surface area contributed by atoms with Gasteiger partial charge < -0.3 is 0 Å². The Morgan fingerprint density at radius 2 is 2.05 bits per heavy atom. The Kier molecular flexibility index (Phi) is 3.47. The van der Waals surface area contributed by atoms with Gasteiger partial charge in [-0.1, -0.05) is 35.9 Å². The van der Waals surface area contributed by atoms with E-state index in [2.05, 4.69) is 5.10 Å². The van der Waals surface area contributed by atoms with Crippen molar-refractivity contribution in [1.82, 2.24) is 9.78 Å². The van der Waals surface area contributed by atoms with Gasteiger partial charge in [-0.25, -0.2) is 4.39 Å². The summed E-state index contributed by atoms with van der Waals surface area (Å²) in [5, 5.41) is 5.13. The van der Waals surface area contributed by atoms with Gasteiger partial charge in [0.2, 0.25) is 0 Å². The fourth-order valence-electron chi connectivity index (χ4n) is 2.34. The maximum absolute atomic E-state index is 13.4. The molecule has 3 aromatic rings. The standard InChI is InChI=1S/C16H12ClFN2O/c1-20-14-5-3-2-4-11(14)16(19-20)15(21)9-10-6-7-12(17)13(18)8-10/h2-8H,9H2,1H3. The molecule has 5 heteroatoms. The van der Waals surface area contributed by atoms with Gasteiger partial charge in [0.25, 0.3) is 0 Å². The Hall–Kier alpha value is -2.20. The number of aromatic nitrogens is 2. The van der Waals surface area contributed by atoms with Crippen molar-refractivity contribution in [2.45, 2.75) is 6.42 Å². The third-order valence-corrected chi connectivity index (χ3v) is 3.68. The van der Waals surface area contributed by atoms with Gasteiger partial charge in [0.1, 0.15) is 11.5 Å². The van der Waals surface area contributed by atoms with Gasteiger partial charge in [-0.05, 0) is 23.8 Å². The van der Waals surface area contributed by atoms with Gasteiger partial charge in [0.05, 0.1) is 10.5 Å². The van der Waals surface area contributed by atoms with E-state index < -0.39 is 5.82 Å². The summed E-state index contributed by atoms with van der Waals surface area (Å²) < 4.78 is 15.1. The van der Waals surface area contributed by atoms with E-state index in [-0.39, 0.29) is 17.2 Å². The van der Waals surface area contributed by atoms with Crippen molar-refractivity contribution >= 4 is 28.3 Å².